The Balaban J connectivity index is 1.89. The first kappa shape index (κ1) is 27.2. The summed E-state index contributed by atoms with van der Waals surface area (Å²) in [5.41, 5.74) is -0.00591. The van der Waals surface area contributed by atoms with Gasteiger partial charge in [0.2, 0.25) is 0 Å². The van der Waals surface area contributed by atoms with Gasteiger partial charge in [0.1, 0.15) is 35.5 Å². The fourth-order valence-electron chi connectivity index (χ4n) is 3.24. The van der Waals surface area contributed by atoms with Gasteiger partial charge in [-0.05, 0) is 64.8 Å². The number of carbonyl (C=O) groups excluding carboxylic acids is 1. The van der Waals surface area contributed by atoms with Crippen molar-refractivity contribution < 1.29 is 28.3 Å². The minimum atomic E-state index is -0.843. The lowest BCUT2D eigenvalue weighted by Gasteiger charge is -2.15. The third-order valence-corrected chi connectivity index (χ3v) is 5.58. The molecule has 1 N–H and O–H groups in total. The number of nitro groups is 1. The Bertz CT molecular complexity index is 1400. The number of hydrogen-bond acceptors (Lipinski definition) is 7. The lowest BCUT2D eigenvalue weighted by molar-refractivity contribution is -0.384. The highest BCUT2D eigenvalue weighted by molar-refractivity contribution is 9.10. The smallest absolute Gasteiger partial charge is 0.296 e. The van der Waals surface area contributed by atoms with Crippen molar-refractivity contribution in [3.8, 4) is 23.3 Å². The number of benzene rings is 3. The molecule has 0 aromatic heterocycles. The Morgan fingerprint density at radius 2 is 1.97 bits per heavy atom. The quantitative estimate of drug-likeness (QED) is 0.137. The summed E-state index contributed by atoms with van der Waals surface area (Å²) in [7, 11) is 1.36. The summed E-state index contributed by atoms with van der Waals surface area (Å²) in [6.07, 6.45) is 1.30. The van der Waals surface area contributed by atoms with Gasteiger partial charge in [-0.1, -0.05) is 18.2 Å². The molecule has 0 radical (unpaired) electrons. The van der Waals surface area contributed by atoms with Gasteiger partial charge in [0.05, 0.1) is 29.2 Å². The van der Waals surface area contributed by atoms with Crippen LogP contribution >= 0.6 is 15.9 Å². The minimum Gasteiger partial charge on any atom is -0.496 e. The fraction of sp³-hybridized carbons (Fsp3) is 0.154. The van der Waals surface area contributed by atoms with E-state index in [4.69, 9.17) is 14.2 Å². The first-order valence-corrected chi connectivity index (χ1v) is 11.6. The molecule has 11 heteroatoms. The topological polar surface area (TPSA) is 124 Å². The molecule has 0 fully saturated rings. The van der Waals surface area contributed by atoms with E-state index in [2.05, 4.69) is 21.2 Å². The van der Waals surface area contributed by atoms with Gasteiger partial charge in [-0.3, -0.25) is 14.9 Å². The number of rotatable bonds is 10. The summed E-state index contributed by atoms with van der Waals surface area (Å²) in [4.78, 5) is 23.5. The molecule has 0 saturated carbocycles. The van der Waals surface area contributed by atoms with Gasteiger partial charge in [-0.25, -0.2) is 4.39 Å². The molecule has 3 aromatic carbocycles. The van der Waals surface area contributed by atoms with Gasteiger partial charge < -0.3 is 19.5 Å². The standard InChI is InChI=1S/C26H21BrFN3O6/c1-3-36-24-12-16(11-20(27)25(24)37-15-17-6-4-5-7-21(17)28)10-18(14-29)26(32)30-22-9-8-19(35-2)13-23(22)31(33)34/h4-13H,3,15H2,1-2H3,(H,30,32)/b18-10+. The molecule has 0 aliphatic carbocycles. The number of nitrogens with zero attached hydrogens (tertiary/aromatic N) is 2. The molecular formula is C26H21BrFN3O6. The second-order valence-electron chi connectivity index (χ2n) is 7.41. The van der Waals surface area contributed by atoms with Crippen LogP contribution in [0.5, 0.6) is 17.2 Å². The van der Waals surface area contributed by atoms with Crippen LogP contribution in [0.25, 0.3) is 6.08 Å². The van der Waals surface area contributed by atoms with Crippen molar-refractivity contribution in [3.05, 3.63) is 91.7 Å². The molecule has 0 unspecified atom stereocenters. The minimum absolute atomic E-state index is 0.0486. The number of hydrogen-bond donors (Lipinski definition) is 1. The molecule has 0 bridgehead atoms. The molecule has 3 aromatic rings. The van der Waals surface area contributed by atoms with Crippen LogP contribution in [0.2, 0.25) is 0 Å². The number of ether oxygens (including phenoxy) is 3. The summed E-state index contributed by atoms with van der Waals surface area (Å²) in [6.45, 7) is 2.02. The molecule has 37 heavy (non-hydrogen) atoms. The summed E-state index contributed by atoms with van der Waals surface area (Å²) in [6, 6.07) is 15.1. The second-order valence-corrected chi connectivity index (χ2v) is 8.26. The largest absolute Gasteiger partial charge is 0.496 e. The number of methoxy groups -OCH3 is 1. The molecular weight excluding hydrogens is 549 g/mol. The van der Waals surface area contributed by atoms with E-state index in [0.29, 0.717) is 33.7 Å². The number of halogens is 2. The van der Waals surface area contributed by atoms with E-state index in [9.17, 15) is 24.6 Å². The first-order valence-electron chi connectivity index (χ1n) is 10.9. The highest BCUT2D eigenvalue weighted by Gasteiger charge is 2.20. The molecule has 0 spiro atoms. The maximum atomic E-state index is 14.0. The average molecular weight is 570 g/mol. The lowest BCUT2D eigenvalue weighted by Crippen LogP contribution is -2.14. The maximum absolute atomic E-state index is 14.0. The second kappa shape index (κ2) is 12.5. The summed E-state index contributed by atoms with van der Waals surface area (Å²) < 4.78 is 30.9. The molecule has 0 atom stereocenters. The highest BCUT2D eigenvalue weighted by Crippen LogP contribution is 2.38. The van der Waals surface area contributed by atoms with E-state index in [0.717, 1.165) is 6.07 Å². The molecule has 0 aliphatic heterocycles. The number of nitro benzene ring substituents is 1. The zero-order valence-electron chi connectivity index (χ0n) is 19.8. The normalized spacial score (nSPS) is 10.8. The summed E-state index contributed by atoms with van der Waals surface area (Å²) in [5, 5.41) is 23.4. The van der Waals surface area contributed by atoms with E-state index in [1.165, 1.54) is 31.4 Å². The van der Waals surface area contributed by atoms with E-state index in [1.807, 2.05) is 0 Å². The monoisotopic (exact) mass is 569 g/mol. The van der Waals surface area contributed by atoms with Crippen LogP contribution in [-0.2, 0) is 11.4 Å². The van der Waals surface area contributed by atoms with Crippen LogP contribution in [0.15, 0.2) is 64.6 Å². The molecule has 0 aliphatic rings. The summed E-state index contributed by atoms with van der Waals surface area (Å²) in [5.74, 6) is -0.379. The Kier molecular flexibility index (Phi) is 9.18. The van der Waals surface area contributed by atoms with E-state index >= 15 is 0 Å². The van der Waals surface area contributed by atoms with Gasteiger partial charge in [-0.2, -0.15) is 5.26 Å². The van der Waals surface area contributed by atoms with Crippen LogP contribution in [0, 0.1) is 27.3 Å². The van der Waals surface area contributed by atoms with Crippen molar-refractivity contribution in [1.29, 1.82) is 5.26 Å². The van der Waals surface area contributed by atoms with Crippen molar-refractivity contribution in [2.75, 3.05) is 19.0 Å². The highest BCUT2D eigenvalue weighted by atomic mass is 79.9. The van der Waals surface area contributed by atoms with E-state index in [-0.39, 0.29) is 29.3 Å². The van der Waals surface area contributed by atoms with Crippen molar-refractivity contribution in [2.24, 2.45) is 0 Å². The zero-order chi connectivity index (χ0) is 26.9. The van der Waals surface area contributed by atoms with Gasteiger partial charge >= 0.3 is 0 Å². The van der Waals surface area contributed by atoms with Crippen LogP contribution in [0.4, 0.5) is 15.8 Å². The summed E-state index contributed by atoms with van der Waals surface area (Å²) >= 11 is 3.40. The van der Waals surface area contributed by atoms with E-state index < -0.39 is 16.6 Å². The van der Waals surface area contributed by atoms with Gasteiger partial charge in [0, 0.05) is 5.56 Å². The van der Waals surface area contributed by atoms with Gasteiger partial charge in [-0.15, -0.1) is 0 Å². The molecule has 1 amide bonds. The Labute approximate surface area is 220 Å². The number of anilines is 1. The van der Waals surface area contributed by atoms with Crippen molar-refractivity contribution >= 4 is 39.3 Å². The lowest BCUT2D eigenvalue weighted by atomic mass is 10.1. The third kappa shape index (κ3) is 6.83. The molecule has 0 heterocycles. The third-order valence-electron chi connectivity index (χ3n) is 4.99. The predicted molar refractivity (Wildman–Crippen MR) is 138 cm³/mol. The average Bonchev–Trinajstić information content (AvgIpc) is 2.88. The molecule has 3 rings (SSSR count). The van der Waals surface area contributed by atoms with Gasteiger partial charge in [0.25, 0.3) is 11.6 Å². The number of carbonyl (C=O) groups is 1. The number of nitriles is 1. The first-order chi connectivity index (χ1) is 17.8. The van der Waals surface area contributed by atoms with Crippen molar-refractivity contribution in [3.63, 3.8) is 0 Å². The van der Waals surface area contributed by atoms with Crippen LogP contribution in [-0.4, -0.2) is 24.5 Å². The van der Waals surface area contributed by atoms with E-state index in [1.54, 1.807) is 43.3 Å². The predicted octanol–water partition coefficient (Wildman–Crippen LogP) is 6.03. The van der Waals surface area contributed by atoms with Crippen molar-refractivity contribution in [2.45, 2.75) is 13.5 Å². The van der Waals surface area contributed by atoms with Crippen LogP contribution < -0.4 is 19.5 Å². The van der Waals surface area contributed by atoms with Crippen LogP contribution in [0.1, 0.15) is 18.1 Å². The number of nitrogens with one attached hydrogen (secondary N) is 1. The molecule has 9 nitrogen and oxygen atoms in total. The zero-order valence-corrected chi connectivity index (χ0v) is 21.4. The van der Waals surface area contributed by atoms with Crippen molar-refractivity contribution in [1.82, 2.24) is 0 Å². The Hall–Kier alpha value is -4.43. The molecule has 0 saturated heterocycles. The fourth-order valence-corrected chi connectivity index (χ4v) is 3.81. The Morgan fingerprint density at radius 3 is 2.62 bits per heavy atom. The Morgan fingerprint density at radius 1 is 1.22 bits per heavy atom. The van der Waals surface area contributed by atoms with Crippen LogP contribution in [0.3, 0.4) is 0 Å². The van der Waals surface area contributed by atoms with Gasteiger partial charge in [0.15, 0.2) is 11.5 Å². The SMILES string of the molecule is CCOc1cc(/C=C(\C#N)C(=O)Nc2ccc(OC)cc2[N+](=O)[O-])cc(Br)c1OCc1ccccc1F. The maximum Gasteiger partial charge on any atom is 0.296 e. The molecule has 190 valence electrons. The number of amides is 1.